The number of halogens is 1. The Morgan fingerprint density at radius 2 is 1.66 bits per heavy atom. The van der Waals surface area contributed by atoms with Crippen LogP contribution in [0, 0.1) is 5.82 Å². The van der Waals surface area contributed by atoms with Crippen molar-refractivity contribution in [1.82, 2.24) is 5.16 Å². The first-order valence-electron chi connectivity index (χ1n) is 8.57. The van der Waals surface area contributed by atoms with Crippen LogP contribution in [0.25, 0.3) is 10.6 Å². The fraction of sp³-hybridized carbons (Fsp3) is 0. The molecule has 0 aliphatic rings. The lowest BCUT2D eigenvalue weighted by atomic mass is 10.1. The van der Waals surface area contributed by atoms with Gasteiger partial charge >= 0.3 is 0 Å². The Labute approximate surface area is 169 Å². The molecule has 8 heteroatoms. The summed E-state index contributed by atoms with van der Waals surface area (Å²) in [4.78, 5) is 25.7. The molecule has 0 radical (unpaired) electrons. The van der Waals surface area contributed by atoms with E-state index in [1.165, 1.54) is 35.6 Å². The SMILES string of the molecule is O=C(Nc1cccc(F)c1)c1cccc(NC(=O)c2cc(-c3cccs3)on2)c1. The highest BCUT2D eigenvalue weighted by molar-refractivity contribution is 7.13. The minimum atomic E-state index is -0.459. The molecule has 2 N–H and O–H groups in total. The molecule has 2 heterocycles. The predicted molar refractivity (Wildman–Crippen MR) is 109 cm³/mol. The van der Waals surface area contributed by atoms with Gasteiger partial charge in [-0.1, -0.05) is 23.4 Å². The zero-order valence-corrected chi connectivity index (χ0v) is 15.7. The van der Waals surface area contributed by atoms with Crippen LogP contribution in [0.5, 0.6) is 0 Å². The number of aromatic nitrogens is 1. The van der Waals surface area contributed by atoms with Gasteiger partial charge in [-0.25, -0.2) is 4.39 Å². The second-order valence-electron chi connectivity index (χ2n) is 6.05. The number of hydrogen-bond donors (Lipinski definition) is 2. The van der Waals surface area contributed by atoms with E-state index < -0.39 is 17.6 Å². The third-order valence-electron chi connectivity index (χ3n) is 3.97. The van der Waals surface area contributed by atoms with E-state index in [1.54, 1.807) is 30.3 Å². The van der Waals surface area contributed by atoms with Crippen LogP contribution in [0.2, 0.25) is 0 Å². The topological polar surface area (TPSA) is 84.2 Å². The Morgan fingerprint density at radius 1 is 0.897 bits per heavy atom. The van der Waals surface area contributed by atoms with Crippen LogP contribution in [0.15, 0.2) is 76.6 Å². The van der Waals surface area contributed by atoms with Gasteiger partial charge in [0.15, 0.2) is 11.5 Å². The molecule has 0 aliphatic carbocycles. The Bertz CT molecular complexity index is 1170. The third-order valence-corrected chi connectivity index (χ3v) is 4.86. The zero-order chi connectivity index (χ0) is 20.2. The van der Waals surface area contributed by atoms with E-state index in [4.69, 9.17) is 4.52 Å². The Hall–Kier alpha value is -3.78. The number of hydrogen-bond acceptors (Lipinski definition) is 5. The van der Waals surface area contributed by atoms with E-state index in [0.29, 0.717) is 22.7 Å². The van der Waals surface area contributed by atoms with Crippen LogP contribution in [-0.2, 0) is 0 Å². The van der Waals surface area contributed by atoms with Crippen LogP contribution in [0.3, 0.4) is 0 Å². The summed E-state index contributed by atoms with van der Waals surface area (Å²) in [5, 5.41) is 11.0. The average molecular weight is 407 g/mol. The highest BCUT2D eigenvalue weighted by atomic mass is 32.1. The summed E-state index contributed by atoms with van der Waals surface area (Å²) in [6.45, 7) is 0. The molecule has 0 aliphatic heterocycles. The molecule has 0 saturated carbocycles. The lowest BCUT2D eigenvalue weighted by molar-refractivity contribution is 0.101. The molecule has 2 amide bonds. The van der Waals surface area contributed by atoms with E-state index >= 15 is 0 Å². The summed E-state index contributed by atoms with van der Waals surface area (Å²) in [6.07, 6.45) is 0. The van der Waals surface area contributed by atoms with Crippen LogP contribution >= 0.6 is 11.3 Å². The van der Waals surface area contributed by atoms with E-state index in [2.05, 4.69) is 15.8 Å². The normalized spacial score (nSPS) is 10.5. The molecule has 0 spiro atoms. The van der Waals surface area contributed by atoms with Crippen molar-refractivity contribution in [2.75, 3.05) is 10.6 Å². The van der Waals surface area contributed by atoms with Crippen molar-refractivity contribution in [2.24, 2.45) is 0 Å². The van der Waals surface area contributed by atoms with Gasteiger partial charge in [-0.05, 0) is 47.8 Å². The molecule has 4 rings (SSSR count). The standard InChI is InChI=1S/C21H14FN3O3S/c22-14-5-2-7-16(11-14)23-20(26)13-4-1-6-15(10-13)24-21(27)17-12-18(28-25-17)19-8-3-9-29-19/h1-12H,(H,23,26)(H,24,27). The Morgan fingerprint density at radius 3 is 2.41 bits per heavy atom. The Balaban J connectivity index is 1.46. The summed E-state index contributed by atoms with van der Waals surface area (Å²) in [6, 6.07) is 17.3. The van der Waals surface area contributed by atoms with E-state index in [0.717, 1.165) is 4.88 Å². The molecule has 0 fully saturated rings. The van der Waals surface area contributed by atoms with Crippen molar-refractivity contribution >= 4 is 34.5 Å². The van der Waals surface area contributed by atoms with Crippen LogP contribution in [-0.4, -0.2) is 17.0 Å². The van der Waals surface area contributed by atoms with Crippen molar-refractivity contribution in [3.63, 3.8) is 0 Å². The van der Waals surface area contributed by atoms with Crippen molar-refractivity contribution in [2.45, 2.75) is 0 Å². The van der Waals surface area contributed by atoms with Gasteiger partial charge in [0.25, 0.3) is 11.8 Å². The molecule has 144 valence electrons. The zero-order valence-electron chi connectivity index (χ0n) is 14.9. The highest BCUT2D eigenvalue weighted by Crippen LogP contribution is 2.25. The van der Waals surface area contributed by atoms with E-state index in [-0.39, 0.29) is 5.69 Å². The third kappa shape index (κ3) is 4.39. The summed E-state index contributed by atoms with van der Waals surface area (Å²) in [7, 11) is 0. The highest BCUT2D eigenvalue weighted by Gasteiger charge is 2.15. The van der Waals surface area contributed by atoms with Crippen molar-refractivity contribution in [1.29, 1.82) is 0 Å². The van der Waals surface area contributed by atoms with Crippen molar-refractivity contribution in [3.05, 3.63) is 89.2 Å². The molecule has 2 aromatic carbocycles. The first-order valence-corrected chi connectivity index (χ1v) is 9.45. The minimum absolute atomic E-state index is 0.128. The van der Waals surface area contributed by atoms with Crippen LogP contribution in [0.1, 0.15) is 20.8 Å². The number of anilines is 2. The number of thiophene rings is 1. The number of benzene rings is 2. The number of nitrogens with one attached hydrogen (secondary N) is 2. The predicted octanol–water partition coefficient (Wildman–Crippen LogP) is 5.05. The maximum absolute atomic E-state index is 13.3. The quantitative estimate of drug-likeness (QED) is 0.485. The number of carbonyl (C=O) groups is 2. The lowest BCUT2D eigenvalue weighted by Gasteiger charge is -2.08. The second kappa shape index (κ2) is 8.07. The number of rotatable bonds is 5. The van der Waals surface area contributed by atoms with Gasteiger partial charge in [0, 0.05) is 23.0 Å². The molecular weight excluding hydrogens is 393 g/mol. The molecule has 4 aromatic rings. The second-order valence-corrected chi connectivity index (χ2v) is 7.00. The minimum Gasteiger partial charge on any atom is -0.355 e. The summed E-state index contributed by atoms with van der Waals surface area (Å²) in [5.74, 6) is -0.820. The molecule has 0 atom stereocenters. The molecular formula is C21H14FN3O3S. The van der Waals surface area contributed by atoms with Crippen LogP contribution < -0.4 is 10.6 Å². The summed E-state index contributed by atoms with van der Waals surface area (Å²) < 4.78 is 18.5. The lowest BCUT2D eigenvalue weighted by Crippen LogP contribution is -2.15. The maximum atomic E-state index is 13.3. The number of carbonyl (C=O) groups excluding carboxylic acids is 2. The first-order chi connectivity index (χ1) is 14.1. The first kappa shape index (κ1) is 18.6. The van der Waals surface area contributed by atoms with Gasteiger partial charge in [0.2, 0.25) is 0 Å². The largest absolute Gasteiger partial charge is 0.355 e. The molecule has 0 bridgehead atoms. The summed E-state index contributed by atoms with van der Waals surface area (Å²) in [5.41, 5.74) is 1.20. The Kier molecular flexibility index (Phi) is 5.17. The molecule has 0 saturated heterocycles. The number of nitrogens with zero attached hydrogens (tertiary/aromatic N) is 1. The number of amides is 2. The van der Waals surface area contributed by atoms with Gasteiger partial charge in [0.05, 0.1) is 4.88 Å². The van der Waals surface area contributed by atoms with Gasteiger partial charge in [-0.2, -0.15) is 0 Å². The van der Waals surface area contributed by atoms with Crippen LogP contribution in [0.4, 0.5) is 15.8 Å². The van der Waals surface area contributed by atoms with Gasteiger partial charge < -0.3 is 15.2 Å². The van der Waals surface area contributed by atoms with Gasteiger partial charge in [0.1, 0.15) is 5.82 Å². The molecule has 2 aromatic heterocycles. The van der Waals surface area contributed by atoms with Crippen molar-refractivity contribution in [3.8, 4) is 10.6 Å². The fourth-order valence-corrected chi connectivity index (χ4v) is 3.29. The van der Waals surface area contributed by atoms with Gasteiger partial charge in [-0.3, -0.25) is 9.59 Å². The fourth-order valence-electron chi connectivity index (χ4n) is 2.62. The summed E-state index contributed by atoms with van der Waals surface area (Å²) >= 11 is 1.48. The van der Waals surface area contributed by atoms with E-state index in [1.807, 2.05) is 17.5 Å². The average Bonchev–Trinajstić information content (AvgIpc) is 3.40. The monoisotopic (exact) mass is 407 g/mol. The molecule has 6 nitrogen and oxygen atoms in total. The smallest absolute Gasteiger partial charge is 0.277 e. The van der Waals surface area contributed by atoms with Crippen molar-refractivity contribution < 1.29 is 18.5 Å². The van der Waals surface area contributed by atoms with E-state index in [9.17, 15) is 14.0 Å². The molecule has 29 heavy (non-hydrogen) atoms. The molecule has 0 unspecified atom stereocenters. The van der Waals surface area contributed by atoms with Gasteiger partial charge in [-0.15, -0.1) is 11.3 Å². The maximum Gasteiger partial charge on any atom is 0.277 e.